The number of carbonyl (C=O) groups is 1. The van der Waals surface area contributed by atoms with E-state index in [1.54, 1.807) is 4.83 Å². The van der Waals surface area contributed by atoms with Crippen molar-refractivity contribution < 1.29 is 22.7 Å². The molecule has 1 aromatic rings. The molecule has 18 heavy (non-hydrogen) atoms. The molecule has 0 aliphatic heterocycles. The van der Waals surface area contributed by atoms with E-state index >= 15 is 0 Å². The first-order valence-corrected chi connectivity index (χ1v) is 5.67. The Kier molecular flexibility index (Phi) is 5.07. The molecule has 0 saturated heterocycles. The average Bonchev–Trinajstić information content (AvgIpc) is 2.35. The van der Waals surface area contributed by atoms with Crippen molar-refractivity contribution in [2.75, 3.05) is 19.5 Å². The fourth-order valence-corrected chi connectivity index (χ4v) is 1.09. The molecular formula is C7H11N5O5S. The van der Waals surface area contributed by atoms with Gasteiger partial charge in [-0.1, -0.05) is 0 Å². The van der Waals surface area contributed by atoms with Crippen LogP contribution in [0.25, 0.3) is 0 Å². The molecule has 11 heteroatoms. The largest absolute Gasteiger partial charge is 0.481 e. The van der Waals surface area contributed by atoms with Gasteiger partial charge in [0.1, 0.15) is 0 Å². The van der Waals surface area contributed by atoms with Gasteiger partial charge >= 0.3 is 6.03 Å². The van der Waals surface area contributed by atoms with Crippen molar-refractivity contribution in [1.82, 2.24) is 20.2 Å². The second kappa shape index (κ2) is 6.56. The molecule has 0 bridgehead atoms. The molecule has 1 heterocycles. The molecule has 100 valence electrons. The molecule has 0 radical (unpaired) electrons. The number of nitrogens with zero attached hydrogens (tertiary/aromatic N) is 2. The topological polar surface area (TPSA) is 132 Å². The van der Waals surface area contributed by atoms with Crippen LogP contribution < -0.4 is 25.0 Å². The van der Waals surface area contributed by atoms with Crippen LogP contribution in [-0.4, -0.2) is 38.6 Å². The Morgan fingerprint density at radius 2 is 1.78 bits per heavy atom. The fraction of sp³-hybridized carbons (Fsp3) is 0.286. The van der Waals surface area contributed by atoms with Crippen molar-refractivity contribution in [3.63, 3.8) is 0 Å². The quantitative estimate of drug-likeness (QED) is 0.386. The number of methoxy groups -OCH3 is 2. The number of rotatable bonds is 5. The molecule has 0 aliphatic carbocycles. The van der Waals surface area contributed by atoms with Crippen LogP contribution in [0.15, 0.2) is 6.07 Å². The number of thiol groups is 1. The fourth-order valence-electron chi connectivity index (χ4n) is 0.898. The second-order valence-corrected chi connectivity index (χ2v) is 3.46. The second-order valence-electron chi connectivity index (χ2n) is 2.72. The maximum Gasteiger partial charge on any atom is 0.336 e. The highest BCUT2D eigenvalue weighted by Crippen LogP contribution is 2.16. The summed E-state index contributed by atoms with van der Waals surface area (Å²) in [4.78, 5) is 20.5. The number of amides is 2. The molecule has 0 saturated carbocycles. The Hall–Kier alpha value is -2.14. The Labute approximate surface area is 104 Å². The van der Waals surface area contributed by atoms with Crippen LogP contribution in [0, 0.1) is 0 Å². The van der Waals surface area contributed by atoms with E-state index < -0.39 is 16.9 Å². The number of hydrogen-bond acceptors (Lipinski definition) is 7. The van der Waals surface area contributed by atoms with E-state index in [9.17, 15) is 13.2 Å². The predicted octanol–water partition coefficient (Wildman–Crippen LogP) is -1.35. The first-order valence-electron chi connectivity index (χ1n) is 4.49. The lowest BCUT2D eigenvalue weighted by Gasteiger charge is -2.07. The minimum absolute atomic E-state index is 0.105. The van der Waals surface area contributed by atoms with E-state index in [0.717, 1.165) is 0 Å². The third kappa shape index (κ3) is 4.39. The molecule has 2 amide bonds. The highest BCUT2D eigenvalue weighted by atomic mass is 32.2. The number of ether oxygens (including phenoxy) is 2. The Morgan fingerprint density at radius 1 is 1.22 bits per heavy atom. The third-order valence-corrected chi connectivity index (χ3v) is 1.88. The summed E-state index contributed by atoms with van der Waals surface area (Å²) in [5.74, 6) is 0.256. The van der Waals surface area contributed by atoms with Crippen molar-refractivity contribution in [3.8, 4) is 11.8 Å². The molecule has 0 aliphatic rings. The smallest absolute Gasteiger partial charge is 0.336 e. The number of anilines is 1. The van der Waals surface area contributed by atoms with Gasteiger partial charge in [0.05, 0.1) is 20.3 Å². The molecular weight excluding hydrogens is 266 g/mol. The lowest BCUT2D eigenvalue weighted by Crippen LogP contribution is -2.39. The van der Waals surface area contributed by atoms with Gasteiger partial charge in [-0.2, -0.15) is 9.97 Å². The molecule has 0 aromatic carbocycles. The zero-order valence-corrected chi connectivity index (χ0v) is 10.4. The summed E-state index contributed by atoms with van der Waals surface area (Å²) in [6, 6.07) is 0.556. The highest BCUT2D eigenvalue weighted by molar-refractivity contribution is 7.70. The Balaban J connectivity index is 2.73. The number of urea groups is 1. The van der Waals surface area contributed by atoms with E-state index in [1.165, 1.54) is 20.3 Å². The molecule has 0 unspecified atom stereocenters. The van der Waals surface area contributed by atoms with Gasteiger partial charge in [0.25, 0.3) is 0 Å². The van der Waals surface area contributed by atoms with Gasteiger partial charge in [0.15, 0.2) is 0 Å². The van der Waals surface area contributed by atoms with Crippen LogP contribution >= 0.6 is 0 Å². The number of aromatic nitrogens is 2. The predicted molar refractivity (Wildman–Crippen MR) is 60.7 cm³/mol. The van der Waals surface area contributed by atoms with Crippen molar-refractivity contribution in [1.29, 1.82) is 0 Å². The van der Waals surface area contributed by atoms with Crippen LogP contribution in [0.3, 0.4) is 0 Å². The lowest BCUT2D eigenvalue weighted by atomic mass is 10.6. The molecule has 3 N–H and O–H groups in total. The Morgan fingerprint density at radius 3 is 2.22 bits per heavy atom. The molecule has 0 fully saturated rings. The van der Waals surface area contributed by atoms with E-state index in [1.807, 2.05) is 5.43 Å². The van der Waals surface area contributed by atoms with Crippen molar-refractivity contribution in [2.45, 2.75) is 0 Å². The minimum atomic E-state index is -2.94. The zero-order chi connectivity index (χ0) is 13.5. The Bertz CT molecular complexity index is 475. The molecule has 0 atom stereocenters. The van der Waals surface area contributed by atoms with Crippen LogP contribution in [0.5, 0.6) is 11.8 Å². The summed E-state index contributed by atoms with van der Waals surface area (Å²) < 4.78 is 30.1. The van der Waals surface area contributed by atoms with Crippen molar-refractivity contribution >= 4 is 22.9 Å². The third-order valence-electron chi connectivity index (χ3n) is 1.58. The number of hydrogen-bond donors (Lipinski definition) is 4. The van der Waals surface area contributed by atoms with E-state index in [0.29, 0.717) is 0 Å². The average molecular weight is 277 g/mol. The summed E-state index contributed by atoms with van der Waals surface area (Å²) in [5.41, 5.74) is 1.85. The maximum absolute atomic E-state index is 11.2. The monoisotopic (exact) mass is 277 g/mol. The summed E-state index contributed by atoms with van der Waals surface area (Å²) in [6.45, 7) is 0. The van der Waals surface area contributed by atoms with E-state index in [2.05, 4.69) is 15.3 Å². The van der Waals surface area contributed by atoms with Crippen LogP contribution in [0.1, 0.15) is 0 Å². The highest BCUT2D eigenvalue weighted by Gasteiger charge is 2.08. The van der Waals surface area contributed by atoms with Crippen LogP contribution in [0.2, 0.25) is 0 Å². The summed E-state index contributed by atoms with van der Waals surface area (Å²) >= 11 is 0. The molecule has 1 rings (SSSR count). The van der Waals surface area contributed by atoms with Gasteiger partial charge in [-0.3, -0.25) is 10.7 Å². The SMILES string of the molecule is COc1cc(OC)nc(NC(=O)NN[SH](=O)=O)n1. The van der Waals surface area contributed by atoms with Gasteiger partial charge < -0.3 is 9.47 Å². The van der Waals surface area contributed by atoms with E-state index in [-0.39, 0.29) is 17.7 Å². The first kappa shape index (κ1) is 13.9. The number of carbonyl (C=O) groups excluding carboxylic acids is 1. The standard InChI is InChI=1S/C7H11N5O5S/c1-16-4-3-5(17-2)9-6(8-4)10-7(13)11-12-18(14)15/h3,18H,1-2H3,(H,12,14,15)(H2,8,9,10,11,13). The first-order chi connectivity index (χ1) is 8.55. The minimum Gasteiger partial charge on any atom is -0.481 e. The van der Waals surface area contributed by atoms with Crippen molar-refractivity contribution in [2.24, 2.45) is 0 Å². The summed E-state index contributed by atoms with van der Waals surface area (Å²) in [7, 11) is -0.170. The van der Waals surface area contributed by atoms with Gasteiger partial charge in [-0.15, -0.1) is 4.83 Å². The molecule has 0 spiro atoms. The molecule has 10 nitrogen and oxygen atoms in total. The van der Waals surface area contributed by atoms with Crippen LogP contribution in [0.4, 0.5) is 10.7 Å². The normalized spacial score (nSPS) is 9.94. The summed E-state index contributed by atoms with van der Waals surface area (Å²) in [6.07, 6.45) is 0. The maximum atomic E-state index is 11.2. The van der Waals surface area contributed by atoms with Gasteiger partial charge in [0.2, 0.25) is 28.6 Å². The van der Waals surface area contributed by atoms with Crippen LogP contribution in [-0.2, 0) is 10.9 Å². The van der Waals surface area contributed by atoms with E-state index in [4.69, 9.17) is 9.47 Å². The van der Waals surface area contributed by atoms with Gasteiger partial charge in [-0.25, -0.2) is 13.2 Å². The molecule has 1 aromatic heterocycles. The number of hydrazine groups is 1. The summed E-state index contributed by atoms with van der Waals surface area (Å²) in [5, 5.41) is 2.18. The van der Waals surface area contributed by atoms with Gasteiger partial charge in [0, 0.05) is 0 Å². The zero-order valence-electron chi connectivity index (χ0n) is 9.46. The van der Waals surface area contributed by atoms with Gasteiger partial charge in [-0.05, 0) is 0 Å². The lowest BCUT2D eigenvalue weighted by molar-refractivity contribution is 0.250. The van der Waals surface area contributed by atoms with Crippen molar-refractivity contribution in [3.05, 3.63) is 6.07 Å². The number of nitrogens with one attached hydrogen (secondary N) is 3.